The molecule has 1 aromatic heterocycles. The van der Waals surface area contributed by atoms with E-state index in [1.54, 1.807) is 0 Å². The number of nitro groups is 1. The molecule has 0 bridgehead atoms. The van der Waals surface area contributed by atoms with Crippen LogP contribution in [0, 0.1) is 10.1 Å². The predicted octanol–water partition coefficient (Wildman–Crippen LogP) is 0.172. The summed E-state index contributed by atoms with van der Waals surface area (Å²) in [7, 11) is 0. The van der Waals surface area contributed by atoms with Crippen molar-refractivity contribution >= 4 is 17.7 Å². The Morgan fingerprint density at radius 1 is 1.62 bits per heavy atom. The number of H-pyrrole nitrogens is 1. The third-order valence-corrected chi connectivity index (χ3v) is 1.73. The second-order valence-corrected chi connectivity index (χ2v) is 2.98. The maximum absolute atomic E-state index is 11.0. The highest BCUT2D eigenvalue weighted by atomic mass is 16.6. The van der Waals surface area contributed by atoms with Gasteiger partial charge in [0.15, 0.2) is 0 Å². The Bertz CT molecular complexity index is 504. The zero-order valence-corrected chi connectivity index (χ0v) is 8.17. The summed E-state index contributed by atoms with van der Waals surface area (Å²) in [6.07, 6.45) is 4.27. The SMILES string of the molecule is NC(=O)CC=Cc1c[nH]c(=O)c([N+](=O)[O-])c1. The average molecular weight is 223 g/mol. The fourth-order valence-corrected chi connectivity index (χ4v) is 1.03. The molecule has 0 fully saturated rings. The first kappa shape index (κ1) is 11.6. The molecule has 0 saturated heterocycles. The number of rotatable bonds is 4. The van der Waals surface area contributed by atoms with Crippen LogP contribution in [-0.4, -0.2) is 15.8 Å². The third-order valence-electron chi connectivity index (χ3n) is 1.73. The average Bonchev–Trinajstić information content (AvgIpc) is 2.19. The van der Waals surface area contributed by atoms with E-state index in [0.717, 1.165) is 6.07 Å². The topological polar surface area (TPSA) is 119 Å². The van der Waals surface area contributed by atoms with E-state index in [-0.39, 0.29) is 6.42 Å². The highest BCUT2D eigenvalue weighted by Gasteiger charge is 2.11. The monoisotopic (exact) mass is 223 g/mol. The smallest absolute Gasteiger partial charge is 0.334 e. The van der Waals surface area contributed by atoms with Crippen LogP contribution in [0.5, 0.6) is 0 Å². The minimum atomic E-state index is -0.774. The van der Waals surface area contributed by atoms with Gasteiger partial charge in [0.25, 0.3) is 0 Å². The van der Waals surface area contributed by atoms with Crippen LogP contribution in [0.15, 0.2) is 23.1 Å². The van der Waals surface area contributed by atoms with Crippen molar-refractivity contribution in [1.29, 1.82) is 0 Å². The second-order valence-electron chi connectivity index (χ2n) is 2.98. The molecule has 1 amide bonds. The van der Waals surface area contributed by atoms with E-state index in [1.807, 2.05) is 0 Å². The number of nitrogens with two attached hydrogens (primary N) is 1. The summed E-state index contributed by atoms with van der Waals surface area (Å²) < 4.78 is 0. The lowest BCUT2D eigenvalue weighted by molar-refractivity contribution is -0.386. The van der Waals surface area contributed by atoms with Gasteiger partial charge in [0, 0.05) is 18.7 Å². The van der Waals surface area contributed by atoms with Gasteiger partial charge in [-0.15, -0.1) is 0 Å². The van der Waals surface area contributed by atoms with Crippen LogP contribution in [0.25, 0.3) is 6.08 Å². The number of aromatic amines is 1. The molecule has 7 nitrogen and oxygen atoms in total. The summed E-state index contributed by atoms with van der Waals surface area (Å²) in [6, 6.07) is 1.12. The predicted molar refractivity (Wildman–Crippen MR) is 56.6 cm³/mol. The Labute approximate surface area is 89.7 Å². The van der Waals surface area contributed by atoms with Gasteiger partial charge in [-0.3, -0.25) is 19.7 Å². The summed E-state index contributed by atoms with van der Waals surface area (Å²) in [5, 5.41) is 10.4. The Morgan fingerprint density at radius 2 is 2.31 bits per heavy atom. The van der Waals surface area contributed by atoms with E-state index in [4.69, 9.17) is 5.73 Å². The molecule has 0 aliphatic carbocycles. The lowest BCUT2D eigenvalue weighted by Gasteiger charge is -1.93. The number of nitrogens with one attached hydrogen (secondary N) is 1. The number of carbonyl (C=O) groups is 1. The number of primary amides is 1. The van der Waals surface area contributed by atoms with Crippen LogP contribution in [0.1, 0.15) is 12.0 Å². The van der Waals surface area contributed by atoms with Gasteiger partial charge in [-0.2, -0.15) is 0 Å². The molecule has 1 rings (SSSR count). The van der Waals surface area contributed by atoms with E-state index in [1.165, 1.54) is 18.3 Å². The van der Waals surface area contributed by atoms with Crippen molar-refractivity contribution in [1.82, 2.24) is 4.98 Å². The highest BCUT2D eigenvalue weighted by molar-refractivity contribution is 5.76. The van der Waals surface area contributed by atoms with Crippen molar-refractivity contribution in [2.24, 2.45) is 5.73 Å². The van der Waals surface area contributed by atoms with Gasteiger partial charge in [0.05, 0.1) is 4.92 Å². The lowest BCUT2D eigenvalue weighted by Crippen LogP contribution is -2.10. The molecule has 1 aromatic rings. The number of amides is 1. The van der Waals surface area contributed by atoms with Crippen LogP contribution >= 0.6 is 0 Å². The number of carbonyl (C=O) groups excluding carboxylic acids is 1. The van der Waals surface area contributed by atoms with Crippen LogP contribution in [0.2, 0.25) is 0 Å². The first-order valence-corrected chi connectivity index (χ1v) is 4.32. The van der Waals surface area contributed by atoms with Crippen molar-refractivity contribution < 1.29 is 9.72 Å². The molecule has 0 aliphatic rings. The first-order chi connectivity index (χ1) is 7.50. The van der Waals surface area contributed by atoms with Gasteiger partial charge < -0.3 is 10.7 Å². The fraction of sp³-hybridized carbons (Fsp3) is 0.111. The van der Waals surface area contributed by atoms with Crippen molar-refractivity contribution in [3.05, 3.63) is 44.4 Å². The summed E-state index contributed by atoms with van der Waals surface area (Å²) in [4.78, 5) is 33.3. The first-order valence-electron chi connectivity index (χ1n) is 4.32. The van der Waals surface area contributed by atoms with E-state index in [0.29, 0.717) is 5.56 Å². The van der Waals surface area contributed by atoms with Crippen LogP contribution in [0.3, 0.4) is 0 Å². The van der Waals surface area contributed by atoms with Crippen molar-refractivity contribution in [3.8, 4) is 0 Å². The van der Waals surface area contributed by atoms with E-state index in [2.05, 4.69) is 4.98 Å². The largest absolute Gasteiger partial charge is 0.369 e. The zero-order valence-electron chi connectivity index (χ0n) is 8.17. The summed E-state index contributed by atoms with van der Waals surface area (Å²) in [5.74, 6) is -0.504. The molecular weight excluding hydrogens is 214 g/mol. The molecule has 0 atom stereocenters. The van der Waals surface area contributed by atoms with Crippen LogP contribution in [0.4, 0.5) is 5.69 Å². The molecule has 0 aliphatic heterocycles. The number of hydrogen-bond acceptors (Lipinski definition) is 4. The van der Waals surface area contributed by atoms with E-state index < -0.39 is 22.1 Å². The van der Waals surface area contributed by atoms with Crippen LogP contribution < -0.4 is 11.3 Å². The molecule has 1 heterocycles. The second kappa shape index (κ2) is 4.87. The Balaban J connectivity index is 2.95. The maximum atomic E-state index is 11.0. The molecule has 0 unspecified atom stereocenters. The Kier molecular flexibility index (Phi) is 3.54. The van der Waals surface area contributed by atoms with Gasteiger partial charge in [-0.25, -0.2) is 0 Å². The number of pyridine rings is 1. The highest BCUT2D eigenvalue weighted by Crippen LogP contribution is 2.07. The summed E-state index contributed by atoms with van der Waals surface area (Å²) >= 11 is 0. The van der Waals surface area contributed by atoms with E-state index in [9.17, 15) is 19.7 Å². The van der Waals surface area contributed by atoms with Gasteiger partial charge >= 0.3 is 11.2 Å². The molecule has 0 saturated carbocycles. The molecule has 3 N–H and O–H groups in total. The Hall–Kier alpha value is -2.44. The minimum Gasteiger partial charge on any atom is -0.369 e. The molecule has 16 heavy (non-hydrogen) atoms. The molecule has 0 aromatic carbocycles. The lowest BCUT2D eigenvalue weighted by atomic mass is 10.2. The minimum absolute atomic E-state index is 0.0346. The Morgan fingerprint density at radius 3 is 2.88 bits per heavy atom. The normalized spacial score (nSPS) is 10.5. The molecule has 7 heteroatoms. The quantitative estimate of drug-likeness (QED) is 0.558. The molecular formula is C9H9N3O4. The van der Waals surface area contributed by atoms with Gasteiger partial charge in [-0.1, -0.05) is 12.2 Å². The summed E-state index contributed by atoms with van der Waals surface area (Å²) in [5.41, 5.74) is 4.02. The number of hydrogen-bond donors (Lipinski definition) is 2. The standard InChI is InChI=1S/C9H9N3O4/c10-8(13)3-1-2-6-4-7(12(15)16)9(14)11-5-6/h1-2,4-5H,3H2,(H2,10,13)(H,11,14). The van der Waals surface area contributed by atoms with Crippen molar-refractivity contribution in [3.63, 3.8) is 0 Å². The fourth-order valence-electron chi connectivity index (χ4n) is 1.03. The zero-order chi connectivity index (χ0) is 12.1. The van der Waals surface area contributed by atoms with Gasteiger partial charge in [0.2, 0.25) is 5.91 Å². The van der Waals surface area contributed by atoms with Gasteiger partial charge in [0.1, 0.15) is 0 Å². The van der Waals surface area contributed by atoms with Crippen molar-refractivity contribution in [2.75, 3.05) is 0 Å². The van der Waals surface area contributed by atoms with E-state index >= 15 is 0 Å². The number of aromatic nitrogens is 1. The molecule has 84 valence electrons. The van der Waals surface area contributed by atoms with Gasteiger partial charge in [-0.05, 0) is 5.56 Å². The molecule has 0 spiro atoms. The summed E-state index contributed by atoms with van der Waals surface area (Å²) in [6.45, 7) is 0. The van der Waals surface area contributed by atoms with Crippen molar-refractivity contribution in [2.45, 2.75) is 6.42 Å². The maximum Gasteiger partial charge on any atom is 0.334 e. The number of nitrogens with zero attached hydrogens (tertiary/aromatic N) is 1. The third kappa shape index (κ3) is 3.05. The molecule has 0 radical (unpaired) electrons. The van der Waals surface area contributed by atoms with Crippen LogP contribution in [-0.2, 0) is 4.79 Å².